The smallest absolute Gasteiger partial charge is 0.213 e. The van der Waals surface area contributed by atoms with Crippen LogP contribution in [0.15, 0.2) is 24.3 Å². The number of ether oxygens (including phenoxy) is 1. The summed E-state index contributed by atoms with van der Waals surface area (Å²) in [5.41, 5.74) is 1.24. The first-order valence-corrected chi connectivity index (χ1v) is 11.7. The molecule has 1 rings (SSSR count). The normalized spacial score (nSPS) is 13.6. The Hall–Kier alpha value is -1.11. The van der Waals surface area contributed by atoms with Crippen molar-refractivity contribution in [1.29, 1.82) is 0 Å². The Morgan fingerprint density at radius 2 is 1.40 bits per heavy atom. The lowest BCUT2D eigenvalue weighted by atomic mass is 9.96. The molecule has 178 valence electrons. The number of hydrogen-bond acceptors (Lipinski definition) is 4. The minimum Gasteiger partial charge on any atom is -0.492 e. The summed E-state index contributed by atoms with van der Waals surface area (Å²) in [5.74, 6) is 0.932. The molecule has 0 aliphatic carbocycles. The van der Waals surface area contributed by atoms with Gasteiger partial charge in [0.15, 0.2) is 0 Å². The molecule has 0 aliphatic rings. The molecule has 0 heterocycles. The van der Waals surface area contributed by atoms with E-state index in [-0.39, 0.29) is 31.8 Å². The van der Waals surface area contributed by atoms with Gasteiger partial charge in [-0.15, -0.1) is 0 Å². The zero-order valence-corrected chi connectivity index (χ0v) is 20.0. The summed E-state index contributed by atoms with van der Waals surface area (Å²) in [5, 5.41) is -0.420. The highest BCUT2D eigenvalue weighted by molar-refractivity contribution is 7.90. The van der Waals surface area contributed by atoms with Crippen molar-refractivity contribution >= 4 is 10.0 Å². The molecule has 0 aromatic heterocycles. The Labute approximate surface area is 187 Å². The molecule has 1 aromatic carbocycles. The Balaban J connectivity index is 0. The van der Waals surface area contributed by atoms with Gasteiger partial charge in [-0.3, -0.25) is 4.90 Å². The maximum atomic E-state index is 11.9. The standard InChI is InChI=1S/C22H40N2O3S.2CH4/c1-17(2)28(25,26)23-16-18(3)19-10-12-20(13-11-19)27-15-14-24(21(4,5)6)22(7,8)9;;/h10-13,17-18,23H,14-16H2,1-9H3;2*1H4. The molecule has 0 radical (unpaired) electrons. The highest BCUT2D eigenvalue weighted by Gasteiger charge is 2.31. The molecule has 1 unspecified atom stereocenters. The van der Waals surface area contributed by atoms with Crippen molar-refractivity contribution in [3.63, 3.8) is 0 Å². The Morgan fingerprint density at radius 1 is 0.933 bits per heavy atom. The second-order valence-corrected chi connectivity index (χ2v) is 12.1. The number of nitrogens with one attached hydrogen (secondary N) is 1. The quantitative estimate of drug-likeness (QED) is 0.533. The van der Waals surface area contributed by atoms with Crippen LogP contribution in [0.4, 0.5) is 0 Å². The summed E-state index contributed by atoms with van der Waals surface area (Å²) in [6.07, 6.45) is 0. The van der Waals surface area contributed by atoms with Crippen molar-refractivity contribution in [2.24, 2.45) is 0 Å². The van der Waals surface area contributed by atoms with Crippen LogP contribution in [-0.4, -0.2) is 49.3 Å². The predicted molar refractivity (Wildman–Crippen MR) is 132 cm³/mol. The lowest BCUT2D eigenvalue weighted by Gasteiger charge is -2.45. The summed E-state index contributed by atoms with van der Waals surface area (Å²) in [6.45, 7) is 20.6. The van der Waals surface area contributed by atoms with E-state index in [4.69, 9.17) is 4.74 Å². The van der Waals surface area contributed by atoms with Gasteiger partial charge in [-0.25, -0.2) is 13.1 Å². The Morgan fingerprint density at radius 3 is 1.80 bits per heavy atom. The fourth-order valence-corrected chi connectivity index (χ4v) is 4.17. The minimum absolute atomic E-state index is 0. The van der Waals surface area contributed by atoms with E-state index >= 15 is 0 Å². The Kier molecular flexibility index (Phi) is 12.5. The Bertz CT molecular complexity index is 685. The lowest BCUT2D eigenvalue weighted by Crippen LogP contribution is -2.53. The van der Waals surface area contributed by atoms with Crippen LogP contribution in [0.5, 0.6) is 5.75 Å². The molecule has 1 aromatic rings. The van der Waals surface area contributed by atoms with Crippen molar-refractivity contribution in [3.05, 3.63) is 29.8 Å². The predicted octanol–water partition coefficient (Wildman–Crippen LogP) is 5.67. The number of hydrogen-bond donors (Lipinski definition) is 1. The first kappa shape index (κ1) is 31.1. The molecular weight excluding hydrogens is 396 g/mol. The average molecular weight is 445 g/mol. The minimum atomic E-state index is -3.23. The zero-order chi connectivity index (χ0) is 21.8. The van der Waals surface area contributed by atoms with Crippen LogP contribution in [0.3, 0.4) is 0 Å². The summed E-state index contributed by atoms with van der Waals surface area (Å²) < 4.78 is 32.4. The number of nitrogens with zero attached hydrogens (tertiary/aromatic N) is 1. The lowest BCUT2D eigenvalue weighted by molar-refractivity contribution is 0.0259. The van der Waals surface area contributed by atoms with Crippen LogP contribution in [0, 0.1) is 0 Å². The third-order valence-corrected chi connectivity index (χ3v) is 6.67. The van der Waals surface area contributed by atoms with Gasteiger partial charge in [0.25, 0.3) is 0 Å². The van der Waals surface area contributed by atoms with E-state index in [0.717, 1.165) is 17.9 Å². The van der Waals surface area contributed by atoms with Gasteiger partial charge < -0.3 is 4.74 Å². The molecule has 0 amide bonds. The van der Waals surface area contributed by atoms with Crippen molar-refractivity contribution in [1.82, 2.24) is 9.62 Å². The van der Waals surface area contributed by atoms with E-state index < -0.39 is 15.3 Å². The highest BCUT2D eigenvalue weighted by Crippen LogP contribution is 2.24. The molecule has 0 spiro atoms. The molecule has 0 bridgehead atoms. The van der Waals surface area contributed by atoms with Gasteiger partial charge in [-0.05, 0) is 79.0 Å². The highest BCUT2D eigenvalue weighted by atomic mass is 32.2. The van der Waals surface area contributed by atoms with Gasteiger partial charge in [0.1, 0.15) is 12.4 Å². The summed E-state index contributed by atoms with van der Waals surface area (Å²) in [6, 6.07) is 7.94. The van der Waals surface area contributed by atoms with Crippen LogP contribution < -0.4 is 9.46 Å². The fraction of sp³-hybridized carbons (Fsp3) is 0.750. The summed E-state index contributed by atoms with van der Waals surface area (Å²) in [4.78, 5) is 2.44. The molecule has 5 nitrogen and oxygen atoms in total. The van der Waals surface area contributed by atoms with Gasteiger partial charge in [0.05, 0.1) is 5.25 Å². The van der Waals surface area contributed by atoms with Gasteiger partial charge in [-0.1, -0.05) is 33.9 Å². The molecule has 1 atom stereocenters. The van der Waals surface area contributed by atoms with E-state index in [1.807, 2.05) is 31.2 Å². The van der Waals surface area contributed by atoms with Crippen molar-refractivity contribution in [2.45, 2.75) is 99.4 Å². The summed E-state index contributed by atoms with van der Waals surface area (Å²) >= 11 is 0. The van der Waals surface area contributed by atoms with Crippen LogP contribution >= 0.6 is 0 Å². The second-order valence-electron chi connectivity index (χ2n) is 9.75. The van der Waals surface area contributed by atoms with E-state index in [0.29, 0.717) is 13.2 Å². The summed E-state index contributed by atoms with van der Waals surface area (Å²) in [7, 11) is -3.23. The molecule has 0 saturated carbocycles. The molecule has 6 heteroatoms. The monoisotopic (exact) mass is 444 g/mol. The van der Waals surface area contributed by atoms with Crippen LogP contribution in [0.2, 0.25) is 0 Å². The van der Waals surface area contributed by atoms with Gasteiger partial charge in [-0.2, -0.15) is 0 Å². The zero-order valence-electron chi connectivity index (χ0n) is 19.2. The molecule has 0 fully saturated rings. The molecule has 1 N–H and O–H groups in total. The van der Waals surface area contributed by atoms with Crippen LogP contribution in [0.1, 0.15) is 88.6 Å². The van der Waals surface area contributed by atoms with Gasteiger partial charge >= 0.3 is 0 Å². The van der Waals surface area contributed by atoms with Crippen LogP contribution in [0.25, 0.3) is 0 Å². The van der Waals surface area contributed by atoms with E-state index in [1.54, 1.807) is 13.8 Å². The van der Waals surface area contributed by atoms with Crippen molar-refractivity contribution < 1.29 is 13.2 Å². The number of benzene rings is 1. The maximum Gasteiger partial charge on any atom is 0.213 e. The first-order chi connectivity index (χ1) is 12.6. The van der Waals surface area contributed by atoms with E-state index in [1.165, 1.54) is 0 Å². The topological polar surface area (TPSA) is 58.6 Å². The van der Waals surface area contributed by atoms with Crippen LogP contribution in [-0.2, 0) is 10.0 Å². The average Bonchev–Trinajstić information content (AvgIpc) is 2.54. The number of sulfonamides is 1. The second kappa shape index (κ2) is 12.1. The first-order valence-electron chi connectivity index (χ1n) is 10.1. The molecule has 0 saturated heterocycles. The van der Waals surface area contributed by atoms with Gasteiger partial charge in [0.2, 0.25) is 10.0 Å². The molecule has 0 aliphatic heterocycles. The van der Waals surface area contributed by atoms with Crippen molar-refractivity contribution in [3.8, 4) is 5.75 Å². The number of rotatable bonds is 9. The third-order valence-electron chi connectivity index (χ3n) is 4.86. The van der Waals surface area contributed by atoms with E-state index in [9.17, 15) is 8.42 Å². The SMILES string of the molecule is C.C.CC(CNS(=O)(=O)C(C)C)c1ccc(OCCN(C(C)(C)C)C(C)(C)C)cc1. The maximum absolute atomic E-state index is 11.9. The largest absolute Gasteiger partial charge is 0.492 e. The van der Waals surface area contributed by atoms with Gasteiger partial charge in [0, 0.05) is 24.2 Å². The van der Waals surface area contributed by atoms with E-state index in [2.05, 4.69) is 51.2 Å². The third kappa shape index (κ3) is 9.80. The van der Waals surface area contributed by atoms with Crippen molar-refractivity contribution in [2.75, 3.05) is 19.7 Å². The molecule has 30 heavy (non-hydrogen) atoms. The fourth-order valence-electron chi connectivity index (χ4n) is 3.35. The molecular formula is C24H48N2O3S.